The lowest BCUT2D eigenvalue weighted by Crippen LogP contribution is -2.40. The van der Waals surface area contributed by atoms with Crippen molar-refractivity contribution in [3.8, 4) is 11.5 Å². The van der Waals surface area contributed by atoms with Crippen LogP contribution in [0, 0.1) is 0 Å². The number of fused-ring (bicyclic) bond motifs is 1. The van der Waals surface area contributed by atoms with E-state index in [9.17, 15) is 14.4 Å². The first-order chi connectivity index (χ1) is 17.0. The topological polar surface area (TPSA) is 99.8 Å². The maximum absolute atomic E-state index is 13.5. The summed E-state index contributed by atoms with van der Waals surface area (Å²) in [4.78, 5) is 38.4. The van der Waals surface area contributed by atoms with Crippen molar-refractivity contribution in [2.24, 2.45) is 0 Å². The van der Waals surface area contributed by atoms with Crippen LogP contribution in [0.15, 0.2) is 76.3 Å². The number of benzene rings is 3. The van der Waals surface area contributed by atoms with Crippen LogP contribution in [0.4, 0.5) is 0 Å². The summed E-state index contributed by atoms with van der Waals surface area (Å²) in [7, 11) is 3.12. The monoisotopic (exact) mass is 474 g/mol. The van der Waals surface area contributed by atoms with E-state index in [1.807, 2.05) is 12.1 Å². The van der Waals surface area contributed by atoms with Crippen molar-refractivity contribution in [2.75, 3.05) is 20.8 Å². The molecule has 0 saturated heterocycles. The van der Waals surface area contributed by atoms with Crippen molar-refractivity contribution >= 4 is 16.7 Å². The first-order valence-corrected chi connectivity index (χ1v) is 11.1. The van der Waals surface area contributed by atoms with Gasteiger partial charge in [0.1, 0.15) is 6.61 Å². The Morgan fingerprint density at radius 2 is 1.54 bits per heavy atom. The molecule has 1 aromatic heterocycles. The van der Waals surface area contributed by atoms with Crippen LogP contribution in [0.5, 0.6) is 11.5 Å². The first kappa shape index (κ1) is 24.0. The molecule has 8 nitrogen and oxygen atoms in total. The third-order valence-corrected chi connectivity index (χ3v) is 5.96. The Balaban J connectivity index is 1.71. The van der Waals surface area contributed by atoms with E-state index >= 15 is 0 Å². The highest BCUT2D eigenvalue weighted by Crippen LogP contribution is 2.27. The molecule has 0 saturated carbocycles. The SMILES string of the molecule is COc1ccc(CCn2c(=O)c3ccccc3n(Cc3ccc(C(=O)CO)cc3)c2=O)cc1OC. The standard InChI is InChI=1S/C27H26N2O6/c1-34-24-12-9-18(15-25(24)35-2)13-14-28-26(32)21-5-3-4-6-22(21)29(27(28)33)16-19-7-10-20(11-8-19)23(31)17-30/h3-12,15,30H,13-14,16-17H2,1-2H3. The lowest BCUT2D eigenvalue weighted by atomic mass is 10.1. The summed E-state index contributed by atoms with van der Waals surface area (Å²) in [5.74, 6) is 0.812. The van der Waals surface area contributed by atoms with Crippen LogP contribution in [-0.2, 0) is 19.5 Å². The van der Waals surface area contributed by atoms with Gasteiger partial charge in [-0.1, -0.05) is 42.5 Å². The van der Waals surface area contributed by atoms with Gasteiger partial charge >= 0.3 is 5.69 Å². The molecule has 4 aromatic rings. The molecule has 8 heteroatoms. The minimum absolute atomic E-state index is 0.196. The number of rotatable bonds is 9. The van der Waals surface area contributed by atoms with Gasteiger partial charge in [-0.15, -0.1) is 0 Å². The fraction of sp³-hybridized carbons (Fsp3) is 0.222. The summed E-state index contributed by atoms with van der Waals surface area (Å²) in [6, 6.07) is 19.2. The molecule has 0 fully saturated rings. The van der Waals surface area contributed by atoms with E-state index in [0.717, 1.165) is 11.1 Å². The van der Waals surface area contributed by atoms with Gasteiger partial charge in [0.05, 0.1) is 31.7 Å². The van der Waals surface area contributed by atoms with E-state index < -0.39 is 12.3 Å². The predicted molar refractivity (Wildman–Crippen MR) is 133 cm³/mol. The zero-order valence-electron chi connectivity index (χ0n) is 19.6. The number of ether oxygens (including phenoxy) is 2. The minimum atomic E-state index is -0.561. The Morgan fingerprint density at radius 1 is 0.857 bits per heavy atom. The molecular formula is C27H26N2O6. The Kier molecular flexibility index (Phi) is 7.12. The summed E-state index contributed by atoms with van der Waals surface area (Å²) < 4.78 is 13.4. The number of ketones is 1. The molecule has 0 aliphatic heterocycles. The van der Waals surface area contributed by atoms with Crippen molar-refractivity contribution in [3.05, 3.63) is 104 Å². The number of carbonyl (C=O) groups excluding carboxylic acids is 1. The highest BCUT2D eigenvalue weighted by atomic mass is 16.5. The van der Waals surface area contributed by atoms with Gasteiger partial charge < -0.3 is 14.6 Å². The molecule has 0 atom stereocenters. The minimum Gasteiger partial charge on any atom is -0.493 e. The lowest BCUT2D eigenvalue weighted by molar-refractivity contribution is 0.0903. The van der Waals surface area contributed by atoms with Crippen LogP contribution in [-0.4, -0.2) is 40.9 Å². The Bertz CT molecular complexity index is 1480. The molecular weight excluding hydrogens is 448 g/mol. The molecule has 3 aromatic carbocycles. The van der Waals surface area contributed by atoms with E-state index in [1.165, 1.54) is 4.57 Å². The average molecular weight is 475 g/mol. The highest BCUT2D eigenvalue weighted by molar-refractivity contribution is 5.96. The maximum Gasteiger partial charge on any atom is 0.331 e. The van der Waals surface area contributed by atoms with Crippen LogP contribution in [0.1, 0.15) is 21.5 Å². The van der Waals surface area contributed by atoms with Crippen LogP contribution >= 0.6 is 0 Å². The van der Waals surface area contributed by atoms with Crippen molar-refractivity contribution in [3.63, 3.8) is 0 Å². The Hall–Kier alpha value is -4.17. The molecule has 0 spiro atoms. The van der Waals surface area contributed by atoms with Crippen LogP contribution in [0.3, 0.4) is 0 Å². The number of hydrogen-bond donors (Lipinski definition) is 1. The summed E-state index contributed by atoms with van der Waals surface area (Å²) in [6.45, 7) is -0.139. The largest absolute Gasteiger partial charge is 0.493 e. The number of para-hydroxylation sites is 1. The van der Waals surface area contributed by atoms with E-state index in [0.29, 0.717) is 34.4 Å². The summed E-state index contributed by atoms with van der Waals surface area (Å²) >= 11 is 0. The third-order valence-electron chi connectivity index (χ3n) is 5.96. The number of aryl methyl sites for hydroxylation is 1. The zero-order valence-corrected chi connectivity index (χ0v) is 19.6. The van der Waals surface area contributed by atoms with Gasteiger partial charge in [-0.3, -0.25) is 18.7 Å². The lowest BCUT2D eigenvalue weighted by Gasteiger charge is -2.15. The van der Waals surface area contributed by atoms with Gasteiger partial charge in [0.2, 0.25) is 0 Å². The van der Waals surface area contributed by atoms with Gasteiger partial charge in [-0.05, 0) is 41.8 Å². The molecule has 0 radical (unpaired) electrons. The molecule has 1 N–H and O–H groups in total. The summed E-state index contributed by atoms with van der Waals surface area (Å²) in [5.41, 5.74) is 1.87. The highest BCUT2D eigenvalue weighted by Gasteiger charge is 2.14. The van der Waals surface area contributed by atoms with E-state index in [4.69, 9.17) is 14.6 Å². The molecule has 0 aliphatic rings. The fourth-order valence-electron chi connectivity index (χ4n) is 4.07. The summed E-state index contributed by atoms with van der Waals surface area (Å²) in [5, 5.41) is 9.50. The summed E-state index contributed by atoms with van der Waals surface area (Å²) in [6.07, 6.45) is 0.450. The number of nitrogens with zero attached hydrogens (tertiary/aromatic N) is 2. The molecule has 1 heterocycles. The van der Waals surface area contributed by atoms with Crippen molar-refractivity contribution < 1.29 is 19.4 Å². The molecule has 180 valence electrons. The molecule has 0 aliphatic carbocycles. The van der Waals surface area contributed by atoms with Crippen LogP contribution < -0.4 is 20.7 Å². The van der Waals surface area contributed by atoms with Crippen molar-refractivity contribution in [1.29, 1.82) is 0 Å². The third kappa shape index (κ3) is 4.88. The molecule has 35 heavy (non-hydrogen) atoms. The molecule has 0 amide bonds. The number of methoxy groups -OCH3 is 2. The zero-order chi connectivity index (χ0) is 24.9. The van der Waals surface area contributed by atoms with E-state index in [-0.39, 0.29) is 24.4 Å². The Morgan fingerprint density at radius 3 is 2.23 bits per heavy atom. The second-order valence-electron chi connectivity index (χ2n) is 8.06. The van der Waals surface area contributed by atoms with E-state index in [1.54, 1.807) is 73.4 Å². The van der Waals surface area contributed by atoms with Crippen molar-refractivity contribution in [2.45, 2.75) is 19.5 Å². The fourth-order valence-corrected chi connectivity index (χ4v) is 4.07. The quantitative estimate of drug-likeness (QED) is 0.375. The molecule has 4 rings (SSSR count). The Labute approximate surface area is 201 Å². The normalized spacial score (nSPS) is 10.9. The van der Waals surface area contributed by atoms with Gasteiger partial charge in [0, 0.05) is 12.1 Å². The smallest absolute Gasteiger partial charge is 0.331 e. The number of carbonyl (C=O) groups is 1. The maximum atomic E-state index is 13.5. The first-order valence-electron chi connectivity index (χ1n) is 11.1. The number of hydrogen-bond acceptors (Lipinski definition) is 6. The van der Waals surface area contributed by atoms with Gasteiger partial charge in [0.15, 0.2) is 17.3 Å². The van der Waals surface area contributed by atoms with Crippen molar-refractivity contribution in [1.82, 2.24) is 9.13 Å². The van der Waals surface area contributed by atoms with Gasteiger partial charge in [0.25, 0.3) is 5.56 Å². The van der Waals surface area contributed by atoms with Gasteiger partial charge in [-0.2, -0.15) is 0 Å². The van der Waals surface area contributed by atoms with Crippen LogP contribution in [0.2, 0.25) is 0 Å². The van der Waals surface area contributed by atoms with Gasteiger partial charge in [-0.25, -0.2) is 4.79 Å². The predicted octanol–water partition coefficient (Wildman–Crippen LogP) is 2.65. The molecule has 0 unspecified atom stereocenters. The van der Waals surface area contributed by atoms with E-state index in [2.05, 4.69) is 0 Å². The number of aromatic nitrogens is 2. The number of aliphatic hydroxyl groups is 1. The second kappa shape index (κ2) is 10.4. The second-order valence-corrected chi connectivity index (χ2v) is 8.06. The number of aliphatic hydroxyl groups excluding tert-OH is 1. The molecule has 0 bridgehead atoms. The average Bonchev–Trinajstić information content (AvgIpc) is 2.90. The van der Waals surface area contributed by atoms with Crippen LogP contribution in [0.25, 0.3) is 10.9 Å². The number of Topliss-reactive ketones (excluding diaryl/α,β-unsaturated/α-hetero) is 1.